The molecular formula is C52H48F4N8O4. The van der Waals surface area contributed by atoms with Crippen molar-refractivity contribution in [2.75, 3.05) is 27.2 Å². The standard InChI is InChI=1S/2C26H24F2N4O2/c2*1-26(9-4-10-32(2)25(26)34)16-7-8-17(29-13-16)11-15-12-20(23-18(27)5-3-6-19(23)28)31-21-14-30-24(33)22(15)21/h2*3,5-8,12-13H,4,9-11,14H2,1-2H3,(H,30,33)/t26-;/m1./s1. The molecule has 2 aromatic carbocycles. The molecule has 4 aromatic heterocycles. The molecule has 0 aliphatic carbocycles. The van der Waals surface area contributed by atoms with Crippen LogP contribution in [-0.2, 0) is 46.4 Å². The molecule has 0 bridgehead atoms. The minimum absolute atomic E-state index is 0.0773. The normalized spacial score (nSPS) is 19.8. The Labute approximate surface area is 390 Å². The Balaban J connectivity index is 0.000000170. The molecule has 6 aromatic rings. The van der Waals surface area contributed by atoms with Gasteiger partial charge in [-0.2, -0.15) is 0 Å². The maximum atomic E-state index is 14.4. The monoisotopic (exact) mass is 924 g/mol. The summed E-state index contributed by atoms with van der Waals surface area (Å²) in [6.07, 6.45) is 7.36. The van der Waals surface area contributed by atoms with Gasteiger partial charge in [-0.05, 0) is 110 Å². The first-order chi connectivity index (χ1) is 32.5. The minimum atomic E-state index is -0.714. The van der Waals surface area contributed by atoms with Gasteiger partial charge in [0.05, 0.1) is 68.9 Å². The van der Waals surface area contributed by atoms with E-state index in [9.17, 15) is 36.7 Å². The molecule has 10 rings (SSSR count). The van der Waals surface area contributed by atoms with Crippen LogP contribution in [0.25, 0.3) is 22.5 Å². The Hall–Kier alpha value is -7.36. The van der Waals surface area contributed by atoms with E-state index in [2.05, 4.69) is 30.6 Å². The fourth-order valence-electron chi connectivity index (χ4n) is 9.88. The molecule has 0 radical (unpaired) electrons. The average molecular weight is 925 g/mol. The lowest BCUT2D eigenvalue weighted by Crippen LogP contribution is -2.48. The molecule has 0 spiro atoms. The van der Waals surface area contributed by atoms with Crippen LogP contribution in [0, 0.1) is 23.3 Å². The lowest BCUT2D eigenvalue weighted by atomic mass is 9.76. The highest BCUT2D eigenvalue weighted by Gasteiger charge is 2.41. The largest absolute Gasteiger partial charge is 0.346 e. The molecule has 4 aliphatic heterocycles. The summed E-state index contributed by atoms with van der Waals surface area (Å²) in [6, 6.07) is 17.9. The van der Waals surface area contributed by atoms with E-state index < -0.39 is 34.1 Å². The van der Waals surface area contributed by atoms with Gasteiger partial charge in [0.1, 0.15) is 23.3 Å². The predicted molar refractivity (Wildman–Crippen MR) is 244 cm³/mol. The highest BCUT2D eigenvalue weighted by molar-refractivity contribution is 6.00. The Morgan fingerprint density at radius 1 is 0.559 bits per heavy atom. The number of amides is 4. The molecule has 2 N–H and O–H groups in total. The molecule has 348 valence electrons. The number of pyridine rings is 4. The van der Waals surface area contributed by atoms with Gasteiger partial charge in [0, 0.05) is 63.8 Å². The molecule has 8 heterocycles. The van der Waals surface area contributed by atoms with Crippen molar-refractivity contribution in [3.05, 3.63) is 165 Å². The number of hydrogen-bond acceptors (Lipinski definition) is 8. The number of fused-ring (bicyclic) bond motifs is 2. The second kappa shape index (κ2) is 18.0. The van der Waals surface area contributed by atoms with Gasteiger partial charge in [-0.1, -0.05) is 24.3 Å². The van der Waals surface area contributed by atoms with Crippen molar-refractivity contribution < 1.29 is 36.7 Å². The fraction of sp³-hybridized carbons (Fsp3) is 0.308. The lowest BCUT2D eigenvalue weighted by Gasteiger charge is -2.37. The lowest BCUT2D eigenvalue weighted by molar-refractivity contribution is -0.139. The van der Waals surface area contributed by atoms with Gasteiger partial charge in [0.15, 0.2) is 0 Å². The van der Waals surface area contributed by atoms with E-state index >= 15 is 0 Å². The second-order valence-electron chi connectivity index (χ2n) is 18.3. The first-order valence-corrected chi connectivity index (χ1v) is 22.5. The van der Waals surface area contributed by atoms with Gasteiger partial charge in [-0.15, -0.1) is 0 Å². The number of nitrogens with one attached hydrogen (secondary N) is 2. The molecular weight excluding hydrogens is 877 g/mol. The number of carbonyl (C=O) groups is 4. The zero-order valence-corrected chi connectivity index (χ0v) is 38.0. The van der Waals surface area contributed by atoms with Crippen LogP contribution in [0.4, 0.5) is 17.6 Å². The zero-order chi connectivity index (χ0) is 48.1. The number of rotatable bonds is 8. The summed E-state index contributed by atoms with van der Waals surface area (Å²) in [4.78, 5) is 71.9. The van der Waals surface area contributed by atoms with Crippen molar-refractivity contribution in [3.8, 4) is 22.5 Å². The number of aromatic nitrogens is 4. The summed E-state index contributed by atoms with van der Waals surface area (Å²) in [5.41, 5.74) is 4.59. The van der Waals surface area contributed by atoms with E-state index in [1.807, 2.05) is 52.2 Å². The molecule has 2 fully saturated rings. The summed E-state index contributed by atoms with van der Waals surface area (Å²) in [5, 5.41) is 5.47. The third-order valence-corrected chi connectivity index (χ3v) is 13.7. The highest BCUT2D eigenvalue weighted by Crippen LogP contribution is 2.37. The molecule has 68 heavy (non-hydrogen) atoms. The van der Waals surface area contributed by atoms with Crippen LogP contribution >= 0.6 is 0 Å². The average Bonchev–Trinajstić information content (AvgIpc) is 3.89. The topological polar surface area (TPSA) is 150 Å². The van der Waals surface area contributed by atoms with E-state index in [-0.39, 0.29) is 72.1 Å². The van der Waals surface area contributed by atoms with E-state index in [0.29, 0.717) is 45.0 Å². The summed E-state index contributed by atoms with van der Waals surface area (Å²) in [7, 11) is 3.62. The van der Waals surface area contributed by atoms with Crippen LogP contribution in [0.15, 0.2) is 85.2 Å². The number of likely N-dealkylation sites (N-methyl/N-ethyl adjacent to an activating group) is 2. The Morgan fingerprint density at radius 3 is 1.29 bits per heavy atom. The van der Waals surface area contributed by atoms with Crippen molar-refractivity contribution >= 4 is 23.6 Å². The number of likely N-dealkylation sites (tertiary alicyclic amines) is 2. The second-order valence-corrected chi connectivity index (χ2v) is 18.3. The fourth-order valence-corrected chi connectivity index (χ4v) is 9.88. The van der Waals surface area contributed by atoms with E-state index in [1.54, 1.807) is 34.3 Å². The van der Waals surface area contributed by atoms with Gasteiger partial charge in [-0.25, -0.2) is 27.5 Å². The van der Waals surface area contributed by atoms with Gasteiger partial charge < -0.3 is 20.4 Å². The maximum absolute atomic E-state index is 14.4. The van der Waals surface area contributed by atoms with Crippen molar-refractivity contribution in [3.63, 3.8) is 0 Å². The summed E-state index contributed by atoms with van der Waals surface area (Å²) in [5.74, 6) is -3.23. The highest BCUT2D eigenvalue weighted by atomic mass is 19.1. The Bertz CT molecular complexity index is 2780. The third kappa shape index (κ3) is 8.36. The van der Waals surface area contributed by atoms with Crippen LogP contribution < -0.4 is 10.6 Å². The number of piperidine rings is 2. The Kier molecular flexibility index (Phi) is 12.1. The Morgan fingerprint density at radius 2 is 0.941 bits per heavy atom. The van der Waals surface area contributed by atoms with Crippen LogP contribution in [-0.4, -0.2) is 80.5 Å². The molecule has 1 unspecified atom stereocenters. The maximum Gasteiger partial charge on any atom is 0.253 e. The van der Waals surface area contributed by atoms with Crippen molar-refractivity contribution in [1.29, 1.82) is 0 Å². The molecule has 12 nitrogen and oxygen atoms in total. The predicted octanol–water partition coefficient (Wildman–Crippen LogP) is 7.53. The van der Waals surface area contributed by atoms with Crippen LogP contribution in [0.3, 0.4) is 0 Å². The van der Waals surface area contributed by atoms with Crippen LogP contribution in [0.1, 0.15) is 105 Å². The number of nitrogens with zero attached hydrogens (tertiary/aromatic N) is 6. The summed E-state index contributed by atoms with van der Waals surface area (Å²) in [6.45, 7) is 5.78. The smallest absolute Gasteiger partial charge is 0.253 e. The van der Waals surface area contributed by atoms with E-state index in [4.69, 9.17) is 0 Å². The quantitative estimate of drug-likeness (QED) is 0.149. The van der Waals surface area contributed by atoms with Crippen LogP contribution in [0.2, 0.25) is 0 Å². The van der Waals surface area contributed by atoms with Crippen LogP contribution in [0.5, 0.6) is 0 Å². The van der Waals surface area contributed by atoms with Gasteiger partial charge in [0.25, 0.3) is 11.8 Å². The molecule has 4 aliphatic rings. The summed E-state index contributed by atoms with van der Waals surface area (Å²) < 4.78 is 57.7. The van der Waals surface area contributed by atoms with Crippen molar-refractivity contribution in [1.82, 2.24) is 40.4 Å². The third-order valence-electron chi connectivity index (χ3n) is 13.7. The van der Waals surface area contributed by atoms with Crippen molar-refractivity contribution in [2.24, 2.45) is 0 Å². The van der Waals surface area contributed by atoms with Gasteiger partial charge >= 0.3 is 0 Å². The number of halogens is 4. The first-order valence-electron chi connectivity index (χ1n) is 22.5. The molecule has 2 saturated heterocycles. The summed E-state index contributed by atoms with van der Waals surface area (Å²) >= 11 is 0. The number of hydrogen-bond donors (Lipinski definition) is 2. The van der Waals surface area contributed by atoms with Gasteiger partial charge in [0.2, 0.25) is 11.8 Å². The number of benzene rings is 2. The minimum Gasteiger partial charge on any atom is -0.346 e. The zero-order valence-electron chi connectivity index (χ0n) is 38.0. The number of carbonyl (C=O) groups excluding carboxylic acids is 4. The van der Waals surface area contributed by atoms with Gasteiger partial charge in [-0.3, -0.25) is 29.1 Å². The van der Waals surface area contributed by atoms with E-state index in [1.165, 1.54) is 36.4 Å². The van der Waals surface area contributed by atoms with E-state index in [0.717, 1.165) is 49.9 Å². The molecule has 2 atom stereocenters. The SMILES string of the molecule is CN1CCCC(C)(c2ccc(Cc3cc(-c4c(F)cccc4F)nc4c3C(=O)NC4)nc2)C1=O.CN1CCC[C@](C)(c2ccc(Cc3cc(-c4c(F)cccc4F)nc4c3C(=O)NC4)nc2)C1=O. The molecule has 16 heteroatoms. The molecule has 0 saturated carbocycles. The molecule has 4 amide bonds. The first kappa shape index (κ1) is 45.8. The van der Waals surface area contributed by atoms with Crippen molar-refractivity contribution in [2.45, 2.75) is 76.3 Å².